The molecule has 0 unspecified atom stereocenters. The summed E-state index contributed by atoms with van der Waals surface area (Å²) in [5.74, 6) is -0.923. The van der Waals surface area contributed by atoms with Gasteiger partial charge in [0, 0.05) is 25.0 Å². The first-order valence-corrected chi connectivity index (χ1v) is 6.95. The molecule has 18 heavy (non-hydrogen) atoms. The summed E-state index contributed by atoms with van der Waals surface area (Å²) < 4.78 is 33.0. The number of hydrogen-bond donors (Lipinski definition) is 1. The van der Waals surface area contributed by atoms with Gasteiger partial charge in [-0.25, -0.2) is 8.78 Å². The van der Waals surface area contributed by atoms with Crippen LogP contribution >= 0.6 is 11.8 Å². The van der Waals surface area contributed by atoms with Crippen LogP contribution in [0, 0.1) is 11.6 Å². The molecule has 0 saturated carbocycles. The minimum atomic E-state index is -0.461. The molecule has 0 radical (unpaired) electrons. The van der Waals surface area contributed by atoms with Crippen LogP contribution in [0.3, 0.4) is 0 Å². The first-order chi connectivity index (χ1) is 8.70. The molecule has 0 amide bonds. The van der Waals surface area contributed by atoms with Crippen molar-refractivity contribution in [2.45, 2.75) is 29.5 Å². The van der Waals surface area contributed by atoms with Crippen molar-refractivity contribution in [3.63, 3.8) is 0 Å². The largest absolute Gasteiger partial charge is 0.381 e. The topological polar surface area (TPSA) is 21.3 Å². The van der Waals surface area contributed by atoms with Crippen molar-refractivity contribution in [2.24, 2.45) is 0 Å². The summed E-state index contributed by atoms with van der Waals surface area (Å²) in [6.07, 6.45) is 1.70. The van der Waals surface area contributed by atoms with Gasteiger partial charge in [0.05, 0.1) is 4.90 Å². The fourth-order valence-electron chi connectivity index (χ4n) is 1.99. The highest BCUT2D eigenvalue weighted by Gasteiger charge is 2.20. The van der Waals surface area contributed by atoms with Crippen molar-refractivity contribution >= 4 is 11.8 Å². The van der Waals surface area contributed by atoms with Gasteiger partial charge in [-0.3, -0.25) is 0 Å². The zero-order valence-electron chi connectivity index (χ0n) is 10.3. The Balaban J connectivity index is 2.11. The van der Waals surface area contributed by atoms with Crippen molar-refractivity contribution in [3.05, 3.63) is 29.3 Å². The molecule has 2 nitrogen and oxygen atoms in total. The Bertz CT molecular complexity index is 385. The molecular weight excluding hydrogens is 256 g/mol. The highest BCUT2D eigenvalue weighted by atomic mass is 32.2. The van der Waals surface area contributed by atoms with Crippen LogP contribution in [0.15, 0.2) is 17.0 Å². The van der Waals surface area contributed by atoms with Crippen molar-refractivity contribution in [2.75, 3.05) is 20.3 Å². The molecule has 100 valence electrons. The van der Waals surface area contributed by atoms with Gasteiger partial charge in [-0.2, -0.15) is 0 Å². The van der Waals surface area contributed by atoms with Crippen LogP contribution in [0.2, 0.25) is 0 Å². The summed E-state index contributed by atoms with van der Waals surface area (Å²) in [6, 6.07) is 2.81. The third-order valence-corrected chi connectivity index (χ3v) is 4.32. The van der Waals surface area contributed by atoms with Gasteiger partial charge in [0.2, 0.25) is 0 Å². The molecule has 1 fully saturated rings. The van der Waals surface area contributed by atoms with E-state index < -0.39 is 11.6 Å². The summed E-state index contributed by atoms with van der Waals surface area (Å²) in [5.41, 5.74) is 0.629. The van der Waals surface area contributed by atoms with E-state index in [9.17, 15) is 8.78 Å². The van der Waals surface area contributed by atoms with Crippen molar-refractivity contribution in [1.29, 1.82) is 0 Å². The van der Waals surface area contributed by atoms with Gasteiger partial charge in [-0.1, -0.05) is 0 Å². The van der Waals surface area contributed by atoms with Crippen molar-refractivity contribution < 1.29 is 13.5 Å². The van der Waals surface area contributed by atoms with Crippen LogP contribution in [-0.4, -0.2) is 25.5 Å². The average molecular weight is 273 g/mol. The van der Waals surface area contributed by atoms with E-state index in [-0.39, 0.29) is 10.1 Å². The van der Waals surface area contributed by atoms with Gasteiger partial charge in [-0.05, 0) is 37.6 Å². The lowest BCUT2D eigenvalue weighted by Crippen LogP contribution is -2.17. The van der Waals surface area contributed by atoms with Crippen LogP contribution < -0.4 is 5.32 Å². The van der Waals surface area contributed by atoms with E-state index in [0.717, 1.165) is 12.8 Å². The number of benzene rings is 1. The molecule has 0 bridgehead atoms. The van der Waals surface area contributed by atoms with E-state index in [0.29, 0.717) is 25.3 Å². The van der Waals surface area contributed by atoms with Crippen LogP contribution in [0.4, 0.5) is 8.78 Å². The minimum Gasteiger partial charge on any atom is -0.381 e. The number of rotatable bonds is 4. The Kier molecular flexibility index (Phi) is 4.97. The van der Waals surface area contributed by atoms with E-state index in [1.165, 1.54) is 23.9 Å². The average Bonchev–Trinajstić information content (AvgIpc) is 2.36. The lowest BCUT2D eigenvalue weighted by molar-refractivity contribution is 0.1000. The third kappa shape index (κ3) is 3.43. The maximum Gasteiger partial charge on any atom is 0.140 e. The zero-order chi connectivity index (χ0) is 13.0. The van der Waals surface area contributed by atoms with Gasteiger partial charge in [0.25, 0.3) is 0 Å². The first-order valence-electron chi connectivity index (χ1n) is 6.07. The maximum absolute atomic E-state index is 13.9. The smallest absolute Gasteiger partial charge is 0.140 e. The Labute approximate surface area is 110 Å². The van der Waals surface area contributed by atoms with E-state index in [1.54, 1.807) is 7.05 Å². The Morgan fingerprint density at radius 3 is 2.44 bits per heavy atom. The predicted molar refractivity (Wildman–Crippen MR) is 68.8 cm³/mol. The monoisotopic (exact) mass is 273 g/mol. The second-order valence-corrected chi connectivity index (χ2v) is 5.66. The van der Waals surface area contributed by atoms with E-state index in [4.69, 9.17) is 4.74 Å². The molecule has 1 aliphatic rings. The van der Waals surface area contributed by atoms with Crippen molar-refractivity contribution in [1.82, 2.24) is 5.32 Å². The van der Waals surface area contributed by atoms with Crippen LogP contribution in [0.25, 0.3) is 0 Å². The maximum atomic E-state index is 13.9. The molecule has 1 saturated heterocycles. The quantitative estimate of drug-likeness (QED) is 0.911. The van der Waals surface area contributed by atoms with E-state index in [1.807, 2.05) is 0 Å². The fraction of sp³-hybridized carbons (Fsp3) is 0.538. The van der Waals surface area contributed by atoms with E-state index in [2.05, 4.69) is 5.32 Å². The molecule has 1 N–H and O–H groups in total. The van der Waals surface area contributed by atoms with E-state index >= 15 is 0 Å². The van der Waals surface area contributed by atoms with Gasteiger partial charge in [0.1, 0.15) is 11.6 Å². The number of nitrogens with one attached hydrogen (secondary N) is 1. The standard InChI is InChI=1S/C13H17F2NOS/c1-16-8-9-6-11(14)13(12(15)7-9)18-10-2-4-17-5-3-10/h6-7,10,16H,2-5,8H2,1H3. The lowest BCUT2D eigenvalue weighted by Gasteiger charge is -2.22. The van der Waals surface area contributed by atoms with Gasteiger partial charge >= 0.3 is 0 Å². The number of halogens is 2. The molecule has 0 aromatic heterocycles. The normalized spacial score (nSPS) is 17.1. The molecule has 2 rings (SSSR count). The predicted octanol–water partition coefficient (Wildman–Crippen LogP) is 2.96. The first kappa shape index (κ1) is 13.8. The lowest BCUT2D eigenvalue weighted by atomic mass is 10.2. The van der Waals surface area contributed by atoms with Crippen LogP contribution in [0.5, 0.6) is 0 Å². The number of hydrogen-bond acceptors (Lipinski definition) is 3. The second kappa shape index (κ2) is 6.50. The molecule has 0 spiro atoms. The summed E-state index contributed by atoms with van der Waals surface area (Å²) in [4.78, 5) is 0.141. The summed E-state index contributed by atoms with van der Waals surface area (Å²) in [6.45, 7) is 1.83. The Hall–Kier alpha value is -0.650. The molecule has 0 aliphatic carbocycles. The van der Waals surface area contributed by atoms with Gasteiger partial charge in [-0.15, -0.1) is 11.8 Å². The minimum absolute atomic E-state index is 0.141. The molecule has 1 heterocycles. The summed E-state index contributed by atoms with van der Waals surface area (Å²) in [5, 5.41) is 3.13. The molecule has 0 atom stereocenters. The van der Waals surface area contributed by atoms with Crippen LogP contribution in [0.1, 0.15) is 18.4 Å². The SMILES string of the molecule is CNCc1cc(F)c(SC2CCOCC2)c(F)c1. The molecule has 1 aromatic carbocycles. The number of thioether (sulfide) groups is 1. The van der Waals surface area contributed by atoms with Gasteiger partial charge in [0.15, 0.2) is 0 Å². The van der Waals surface area contributed by atoms with Crippen LogP contribution in [-0.2, 0) is 11.3 Å². The highest BCUT2D eigenvalue weighted by molar-refractivity contribution is 8.00. The number of ether oxygens (including phenoxy) is 1. The zero-order valence-corrected chi connectivity index (χ0v) is 11.2. The van der Waals surface area contributed by atoms with Crippen molar-refractivity contribution in [3.8, 4) is 0 Å². The second-order valence-electron chi connectivity index (χ2n) is 4.35. The molecule has 1 aliphatic heterocycles. The third-order valence-electron chi connectivity index (χ3n) is 2.89. The molecule has 1 aromatic rings. The summed E-state index contributed by atoms with van der Waals surface area (Å²) in [7, 11) is 1.75. The summed E-state index contributed by atoms with van der Waals surface area (Å²) >= 11 is 1.29. The Morgan fingerprint density at radius 2 is 1.89 bits per heavy atom. The molecule has 5 heteroatoms. The highest BCUT2D eigenvalue weighted by Crippen LogP contribution is 2.33. The molecular formula is C13H17F2NOS. The van der Waals surface area contributed by atoms with Gasteiger partial charge < -0.3 is 10.1 Å². The Morgan fingerprint density at radius 1 is 1.28 bits per heavy atom. The fourth-order valence-corrected chi connectivity index (χ4v) is 3.10.